The van der Waals surface area contributed by atoms with Crippen molar-refractivity contribution in [2.45, 2.75) is 128 Å². The highest BCUT2D eigenvalue weighted by Gasteiger charge is 2.44. The van der Waals surface area contributed by atoms with Gasteiger partial charge in [0.1, 0.15) is 61.4 Å². The number of nitrogens with two attached hydrogens (primary N) is 3. The van der Waals surface area contributed by atoms with Crippen molar-refractivity contribution in [1.29, 1.82) is 10.5 Å². The molecule has 6 aliphatic rings. The number of pyridine rings is 3. The molecule has 9 aromatic rings. The summed E-state index contributed by atoms with van der Waals surface area (Å²) in [5, 5.41) is 19.9. The molecule has 3 amide bonds. The van der Waals surface area contributed by atoms with E-state index in [-0.39, 0.29) is 216 Å². The summed E-state index contributed by atoms with van der Waals surface area (Å²) in [6.07, 6.45) is -10.7. The van der Waals surface area contributed by atoms with E-state index < -0.39 is 112 Å². The van der Waals surface area contributed by atoms with Gasteiger partial charge in [-0.25, -0.2) is 32.5 Å². The summed E-state index contributed by atoms with van der Waals surface area (Å²) in [5.41, 5.74) is 13.5. The number of likely N-dealkylation sites (tertiary alicyclic amines) is 3. The number of aromatic nitrogens is 9. The third kappa shape index (κ3) is 22.4. The predicted octanol–water partition coefficient (Wildman–Crippen LogP) is 16.0. The number of anilines is 6. The molecular formula is C91H97Cl3F13N23O6. The van der Waals surface area contributed by atoms with Crippen molar-refractivity contribution in [1.82, 2.24) is 74.3 Å². The van der Waals surface area contributed by atoms with E-state index >= 15 is 0 Å². The van der Waals surface area contributed by atoms with E-state index in [4.69, 9.17) is 66.2 Å². The number of fused-ring (bicyclic) bond motifs is 3. The molecule has 6 unspecified atom stereocenters. The summed E-state index contributed by atoms with van der Waals surface area (Å²) in [5.74, 6) is -4.68. The Morgan fingerprint density at radius 2 is 0.735 bits per heavy atom. The van der Waals surface area contributed by atoms with Crippen LogP contribution < -0.4 is 46.1 Å². The number of ether oxygens (including phenoxy) is 3. The van der Waals surface area contributed by atoms with Crippen LogP contribution in [0.2, 0.25) is 15.1 Å². The van der Waals surface area contributed by atoms with Crippen LogP contribution in [0.5, 0.6) is 18.0 Å². The maximum absolute atomic E-state index is 14.2. The van der Waals surface area contributed by atoms with E-state index in [2.05, 4.69) is 93.1 Å². The molecule has 8 atom stereocenters. The van der Waals surface area contributed by atoms with Gasteiger partial charge in [0.15, 0.2) is 17.5 Å². The lowest BCUT2D eigenvalue weighted by Gasteiger charge is -2.41. The number of hydrogen-bond donors (Lipinski definition) is 3. The maximum Gasteiger partial charge on any atom is 0.418 e. The number of carbonyl (C=O) groups excluding carboxylic acids is 3. The molecule has 0 spiro atoms. The molecule has 6 aromatic heterocycles. The number of nitriles is 2. The van der Waals surface area contributed by atoms with E-state index in [0.29, 0.717) is 39.6 Å². The minimum Gasteiger partial charge on any atom is -0.462 e. The quantitative estimate of drug-likeness (QED) is 0.0444. The molecule has 0 bridgehead atoms. The Morgan fingerprint density at radius 3 is 1.00 bits per heavy atom. The maximum atomic E-state index is 14.2. The fourth-order valence-corrected chi connectivity index (χ4v) is 19.2. The van der Waals surface area contributed by atoms with E-state index in [1.165, 1.54) is 67.0 Å². The molecule has 12 heterocycles. The lowest BCUT2D eigenvalue weighted by Crippen LogP contribution is -2.56. The monoisotopic (exact) mass is 1960 g/mol. The largest absolute Gasteiger partial charge is 0.462 e. The number of nitrogens with zero attached hydrogens (tertiary/aromatic N) is 20. The molecule has 45 heteroatoms. The lowest BCUT2D eigenvalue weighted by atomic mass is 9.99. The zero-order chi connectivity index (χ0) is 98.9. The first-order valence-electron chi connectivity index (χ1n) is 43.2. The molecule has 136 heavy (non-hydrogen) atoms. The van der Waals surface area contributed by atoms with E-state index in [9.17, 15) is 82.0 Å². The Kier molecular flexibility index (Phi) is 30.8. The van der Waals surface area contributed by atoms with Crippen LogP contribution in [0.4, 0.5) is 92.0 Å². The zero-order valence-corrected chi connectivity index (χ0v) is 77.4. The molecule has 0 aliphatic carbocycles. The smallest absolute Gasteiger partial charge is 0.418 e. The fraction of sp³-hybridized carbons (Fsp3) is 0.451. The Bertz CT molecular complexity index is 5980. The Hall–Kier alpha value is -12.2. The van der Waals surface area contributed by atoms with Crippen molar-refractivity contribution in [2.24, 2.45) is 11.8 Å². The number of rotatable bonds is 21. The fourth-order valence-electron chi connectivity index (χ4n) is 18.5. The van der Waals surface area contributed by atoms with Gasteiger partial charge >= 0.3 is 36.6 Å². The van der Waals surface area contributed by atoms with Crippen molar-refractivity contribution in [3.63, 3.8) is 0 Å². The summed E-state index contributed by atoms with van der Waals surface area (Å²) in [7, 11) is 5.98. The van der Waals surface area contributed by atoms with Gasteiger partial charge in [0.25, 0.3) is 17.7 Å². The van der Waals surface area contributed by atoms with Gasteiger partial charge in [-0.2, -0.15) is 79.9 Å². The second-order valence-electron chi connectivity index (χ2n) is 34.8. The first kappa shape index (κ1) is 101. The summed E-state index contributed by atoms with van der Waals surface area (Å²) in [4.78, 5) is 92.3. The van der Waals surface area contributed by atoms with Crippen molar-refractivity contribution in [3.05, 3.63) is 140 Å². The van der Waals surface area contributed by atoms with Crippen LogP contribution in [0.15, 0.2) is 91.8 Å². The molecular weight excluding hydrogens is 1860 g/mol. The van der Waals surface area contributed by atoms with E-state index in [1.807, 2.05) is 33.3 Å². The van der Waals surface area contributed by atoms with Crippen LogP contribution in [0.25, 0.3) is 66.5 Å². The van der Waals surface area contributed by atoms with E-state index in [1.54, 1.807) is 14.7 Å². The van der Waals surface area contributed by atoms with Gasteiger partial charge in [0.2, 0.25) is 0 Å². The first-order valence-corrected chi connectivity index (χ1v) is 44.3. The van der Waals surface area contributed by atoms with Crippen molar-refractivity contribution < 1.29 is 85.7 Å². The molecule has 6 N–H and O–H groups in total. The number of alkyl halides is 10. The van der Waals surface area contributed by atoms with Gasteiger partial charge in [-0.15, -0.1) is 0 Å². The SMILES string of the molecule is C=C(F)C(=O)N1CCN(c2nc(OCC3CC(C)CN3C)nc3cc(-c4nc(N)cc(C)c4C(F)(F)F)c(Cl)cc23)CC1CC#N.C=C(F)C(=O)N1CCN(c2nc(OCC3CCCN3C)nc3cc(-c4nc(N)cc(C)c4C(F)(F)F)c(Cl)cc23)CC1CF.C=C(F)C(=O)N1CCN(c2nc(OC[C@@H]3C[C@@H](C)CN3C)nc3cc(-c4nc(N)cc(C)c4C(F)(F)F)c(Cl)cc23)CC1CC#N. The van der Waals surface area contributed by atoms with Gasteiger partial charge in [0.05, 0.1) is 108 Å². The predicted molar refractivity (Wildman–Crippen MR) is 489 cm³/mol. The second-order valence-corrected chi connectivity index (χ2v) is 36.0. The normalized spacial score (nSPS) is 20.3. The number of benzene rings is 3. The van der Waals surface area contributed by atoms with Crippen LogP contribution in [0, 0.1) is 55.3 Å². The number of amides is 3. The van der Waals surface area contributed by atoms with Gasteiger partial charge < -0.3 is 65.7 Å². The molecule has 15 rings (SSSR count). The van der Waals surface area contributed by atoms with Crippen molar-refractivity contribution in [3.8, 4) is 63.9 Å². The van der Waals surface area contributed by atoms with Gasteiger partial charge in [-0.3, -0.25) is 24.2 Å². The Morgan fingerprint density at radius 1 is 0.434 bits per heavy atom. The number of halogens is 16. The van der Waals surface area contributed by atoms with Crippen molar-refractivity contribution >= 4 is 120 Å². The van der Waals surface area contributed by atoms with Crippen LogP contribution in [-0.2, 0) is 32.9 Å². The lowest BCUT2D eigenvalue weighted by molar-refractivity contribution is -0.138. The van der Waals surface area contributed by atoms with Crippen molar-refractivity contribution in [2.75, 3.05) is 158 Å². The van der Waals surface area contributed by atoms with Gasteiger partial charge in [-0.1, -0.05) is 68.4 Å². The minimum atomic E-state index is -4.75. The molecule has 0 saturated carbocycles. The summed E-state index contributed by atoms with van der Waals surface area (Å²) < 4.78 is 201. The molecule has 29 nitrogen and oxygen atoms in total. The molecule has 6 aliphatic heterocycles. The molecule has 6 fully saturated rings. The molecule has 6 saturated heterocycles. The molecule has 3 aromatic carbocycles. The Labute approximate surface area is 788 Å². The highest BCUT2D eigenvalue weighted by Crippen LogP contribution is 2.49. The van der Waals surface area contributed by atoms with Gasteiger partial charge in [-0.05, 0) is 157 Å². The number of hydrogen-bond acceptors (Lipinski definition) is 26. The highest BCUT2D eigenvalue weighted by atomic mass is 35.5. The van der Waals surface area contributed by atoms with Gasteiger partial charge in [0, 0.05) is 123 Å². The number of aryl methyl sites for hydroxylation is 3. The standard InChI is InChI=1S/2C31H33ClF4N8O2.C29H31ClF5N7O2/c2*1-16-9-20(42(4)13-16)15-46-30-39-24-12-21(27-26(31(34,35)36)17(2)10-25(38)40-27)23(32)11-22(24)28(41-30)43-7-8-44(29(45)18(3)33)19(14-43)5-6-37;1-15-9-23(36)38-25(24(15)29(33,34)35)19-11-22-20(10-21(19)30)26(39-28(37-22)44-14-17-5-4-6-40(17)3)41-7-8-42(18(12-31)13-41)27(43)16(2)32/h2*10-12,16,19-20H,3,5,7-9,13-15H2,1-2,4H3,(H2,38,40);9-11,17-18H,2,4-8,12-14H2,1,3H3,(H2,36,38)/t16-,19?,20+;;/m1../s1. The van der Waals surface area contributed by atoms with Crippen LogP contribution in [0.1, 0.15) is 85.8 Å². The summed E-state index contributed by atoms with van der Waals surface area (Å²) in [6, 6.07) is 13.9. The molecule has 0 radical (unpaired) electrons. The number of nitrogen functional groups attached to an aromatic ring is 3. The number of piperazine rings is 3. The second kappa shape index (κ2) is 41.4. The summed E-state index contributed by atoms with van der Waals surface area (Å²) in [6.45, 7) is 20.8. The van der Waals surface area contributed by atoms with Crippen LogP contribution in [-0.4, -0.2) is 254 Å². The topological polar surface area (TPSA) is 350 Å². The average Bonchev–Trinajstić information content (AvgIpc) is 0.861. The molecule has 724 valence electrons. The number of carbonyl (C=O) groups is 3. The first-order chi connectivity index (χ1) is 64.1. The number of likely N-dealkylation sites (N-methyl/N-ethyl adjacent to an activating group) is 3. The van der Waals surface area contributed by atoms with Crippen LogP contribution >= 0.6 is 34.8 Å². The Balaban J connectivity index is 0.000000173. The average molecular weight is 1960 g/mol. The third-order valence-electron chi connectivity index (χ3n) is 24.9. The summed E-state index contributed by atoms with van der Waals surface area (Å²) >= 11 is 19.9. The highest BCUT2D eigenvalue weighted by molar-refractivity contribution is 6.35. The zero-order valence-electron chi connectivity index (χ0n) is 75.2. The third-order valence-corrected chi connectivity index (χ3v) is 25.8. The van der Waals surface area contributed by atoms with Crippen LogP contribution in [0.3, 0.4) is 0 Å². The minimum absolute atomic E-state index is 0.0102. The van der Waals surface area contributed by atoms with E-state index in [0.717, 1.165) is 68.4 Å².